The minimum atomic E-state index is -5.19. The molecule has 0 bridgehead atoms. The van der Waals surface area contributed by atoms with E-state index in [2.05, 4.69) is 80.7 Å². The van der Waals surface area contributed by atoms with Gasteiger partial charge in [-0.05, 0) is 83.5 Å². The molecule has 0 aromatic carbocycles. The van der Waals surface area contributed by atoms with Crippen LogP contribution in [0.2, 0.25) is 0 Å². The number of phosphoric acid groups is 1. The average Bonchev–Trinajstić information content (AvgIpc) is 3.25. The lowest BCUT2D eigenvalue weighted by Gasteiger charge is -2.41. The highest BCUT2D eigenvalue weighted by atomic mass is 31.2. The Labute approximate surface area is 369 Å². The van der Waals surface area contributed by atoms with Gasteiger partial charge in [-0.3, -0.25) is 18.6 Å². The number of carbonyl (C=O) groups is 2. The first-order chi connectivity index (χ1) is 29.8. The van der Waals surface area contributed by atoms with Gasteiger partial charge in [0.15, 0.2) is 6.10 Å². The number of ether oxygens (including phenoxy) is 2. The highest BCUT2D eigenvalue weighted by Gasteiger charge is 2.51. The molecule has 14 nitrogen and oxygen atoms in total. The average molecular weight is 895 g/mol. The molecule has 0 amide bonds. The second-order valence-corrected chi connectivity index (χ2v) is 16.4. The maximum atomic E-state index is 12.8. The van der Waals surface area contributed by atoms with Gasteiger partial charge in [-0.15, -0.1) is 0 Å². The van der Waals surface area contributed by atoms with Gasteiger partial charge in [0.1, 0.15) is 43.2 Å². The number of allylic oxidation sites excluding steroid dienone is 15. The molecular formula is C47H75O14P. The minimum absolute atomic E-state index is 0.0712. The van der Waals surface area contributed by atoms with E-state index in [0.29, 0.717) is 6.42 Å². The monoisotopic (exact) mass is 894 g/mol. The lowest BCUT2D eigenvalue weighted by molar-refractivity contribution is -0.220. The van der Waals surface area contributed by atoms with Gasteiger partial charge in [0.25, 0.3) is 0 Å². The molecule has 15 heteroatoms. The van der Waals surface area contributed by atoms with Crippen LogP contribution in [-0.4, -0.2) is 110 Å². The van der Waals surface area contributed by atoms with Gasteiger partial charge in [-0.1, -0.05) is 124 Å². The molecule has 0 spiro atoms. The Kier molecular flexibility index (Phi) is 33.1. The second-order valence-electron chi connectivity index (χ2n) is 15.0. The van der Waals surface area contributed by atoms with E-state index in [9.17, 15) is 49.7 Å². The van der Waals surface area contributed by atoms with Crippen molar-refractivity contribution in [1.82, 2.24) is 0 Å². The van der Waals surface area contributed by atoms with E-state index in [1.807, 2.05) is 18.2 Å². The number of unbranched alkanes of at least 4 members (excludes halogenated alkanes) is 5. The van der Waals surface area contributed by atoms with Crippen LogP contribution in [0.3, 0.4) is 0 Å². The number of esters is 2. The molecule has 1 aliphatic rings. The van der Waals surface area contributed by atoms with Crippen LogP contribution in [0.25, 0.3) is 0 Å². The zero-order valence-electron chi connectivity index (χ0n) is 36.7. The van der Waals surface area contributed by atoms with E-state index in [4.69, 9.17) is 18.5 Å². The Morgan fingerprint density at radius 2 is 1.10 bits per heavy atom. The SMILES string of the molecule is CC/C=C\C/C=C\C/C=C\C/C=C\C=C\C(O)CCCC(=O)O[C@H](COC(=O)CCCC/C=C\C/C=C\C/C=C\CCCCC)COP(=O)(O)OC1[C@H](O)[C@H](O)C(O)[C@H](O)[C@H]1O. The van der Waals surface area contributed by atoms with E-state index in [-0.39, 0.29) is 25.7 Å². The van der Waals surface area contributed by atoms with Crippen LogP contribution in [0.4, 0.5) is 0 Å². The number of hydrogen-bond donors (Lipinski definition) is 7. The smallest absolute Gasteiger partial charge is 0.462 e. The largest absolute Gasteiger partial charge is 0.472 e. The predicted molar refractivity (Wildman–Crippen MR) is 240 cm³/mol. The summed E-state index contributed by atoms with van der Waals surface area (Å²) in [6.07, 6.45) is 30.6. The van der Waals surface area contributed by atoms with Crippen LogP contribution in [0.1, 0.15) is 123 Å². The van der Waals surface area contributed by atoms with Crippen LogP contribution in [0.5, 0.6) is 0 Å². The fraction of sp³-hybridized carbons (Fsp3) is 0.617. The van der Waals surface area contributed by atoms with Crippen LogP contribution >= 0.6 is 7.82 Å². The quantitative estimate of drug-likeness (QED) is 0.0111. The van der Waals surface area contributed by atoms with Crippen molar-refractivity contribution < 1.29 is 68.2 Å². The molecule has 0 heterocycles. The summed E-state index contributed by atoms with van der Waals surface area (Å²) >= 11 is 0. The molecule has 1 rings (SSSR count). The summed E-state index contributed by atoms with van der Waals surface area (Å²) in [6.45, 7) is 2.93. The standard InChI is InChI=1S/C47H75O14P/c1-3-5-7-9-11-13-15-17-18-20-22-24-26-28-30-34-40(49)58-36-39(37-59-62(56,57)61-47-45(54)43(52)42(51)44(53)46(47)55)60-41(50)35-31-33-38(48)32-29-27-25-23-21-19-16-14-12-10-8-6-4-2/h6,8,11-14,17-19,21-22,24-25,27,29,32,38-39,42-48,51-55H,3-5,7,9-10,15-16,20,23,26,28,30-31,33-37H2,1-2H3,(H,56,57)/b8-6-,13-11-,14-12-,18-17-,21-19-,24-22-,27-25-,32-29+/t38?,39-,42?,43-,44+,45-,46-,47?/m1/s1. The molecule has 1 aliphatic carbocycles. The van der Waals surface area contributed by atoms with E-state index in [1.165, 1.54) is 19.3 Å². The highest BCUT2D eigenvalue weighted by molar-refractivity contribution is 7.47. The molecule has 352 valence electrons. The third kappa shape index (κ3) is 28.4. The lowest BCUT2D eigenvalue weighted by Crippen LogP contribution is -2.64. The van der Waals surface area contributed by atoms with Crippen LogP contribution in [0, 0.1) is 0 Å². The molecule has 0 aliphatic heterocycles. The van der Waals surface area contributed by atoms with Gasteiger partial charge < -0.3 is 45.0 Å². The Bertz CT molecular complexity index is 1470. The van der Waals surface area contributed by atoms with Gasteiger partial charge in [0.05, 0.1) is 12.7 Å². The molecule has 0 aromatic heterocycles. The molecule has 0 saturated heterocycles. The van der Waals surface area contributed by atoms with Gasteiger partial charge in [0, 0.05) is 12.8 Å². The van der Waals surface area contributed by atoms with Gasteiger partial charge >= 0.3 is 19.8 Å². The summed E-state index contributed by atoms with van der Waals surface area (Å²) in [5.41, 5.74) is 0. The molecule has 62 heavy (non-hydrogen) atoms. The summed E-state index contributed by atoms with van der Waals surface area (Å²) < 4.78 is 33.3. The van der Waals surface area contributed by atoms with Crippen molar-refractivity contribution in [1.29, 1.82) is 0 Å². The molecule has 9 atom stereocenters. The maximum Gasteiger partial charge on any atom is 0.472 e. The summed E-state index contributed by atoms with van der Waals surface area (Å²) in [7, 11) is -5.19. The van der Waals surface area contributed by atoms with Crippen molar-refractivity contribution >= 4 is 19.8 Å². The van der Waals surface area contributed by atoms with Crippen molar-refractivity contribution in [3.63, 3.8) is 0 Å². The zero-order chi connectivity index (χ0) is 45.9. The van der Waals surface area contributed by atoms with Crippen LogP contribution in [0.15, 0.2) is 97.2 Å². The van der Waals surface area contributed by atoms with E-state index in [1.54, 1.807) is 12.2 Å². The predicted octanol–water partition coefficient (Wildman–Crippen LogP) is 7.24. The Morgan fingerprint density at radius 3 is 1.66 bits per heavy atom. The summed E-state index contributed by atoms with van der Waals surface area (Å²) in [4.78, 5) is 35.7. The molecular weight excluding hydrogens is 819 g/mol. The fourth-order valence-electron chi connectivity index (χ4n) is 5.91. The van der Waals surface area contributed by atoms with E-state index in [0.717, 1.165) is 57.8 Å². The van der Waals surface area contributed by atoms with Crippen LogP contribution < -0.4 is 0 Å². The van der Waals surface area contributed by atoms with Gasteiger partial charge in [-0.2, -0.15) is 0 Å². The first-order valence-electron chi connectivity index (χ1n) is 22.1. The molecule has 0 aromatic rings. The second kappa shape index (κ2) is 36.1. The fourth-order valence-corrected chi connectivity index (χ4v) is 6.88. The highest BCUT2D eigenvalue weighted by Crippen LogP contribution is 2.47. The van der Waals surface area contributed by atoms with Crippen molar-refractivity contribution in [3.8, 4) is 0 Å². The summed E-state index contributed by atoms with van der Waals surface area (Å²) in [6, 6.07) is 0. The maximum absolute atomic E-state index is 12.8. The Balaban J connectivity index is 2.62. The van der Waals surface area contributed by atoms with Crippen molar-refractivity contribution in [2.75, 3.05) is 13.2 Å². The lowest BCUT2D eigenvalue weighted by atomic mass is 9.85. The first-order valence-corrected chi connectivity index (χ1v) is 23.6. The summed E-state index contributed by atoms with van der Waals surface area (Å²) in [5, 5.41) is 60.4. The van der Waals surface area contributed by atoms with Crippen molar-refractivity contribution in [2.24, 2.45) is 0 Å². The third-order valence-corrected chi connectivity index (χ3v) is 10.5. The molecule has 4 unspecified atom stereocenters. The van der Waals surface area contributed by atoms with Gasteiger partial charge in [-0.25, -0.2) is 4.57 Å². The number of hydrogen-bond acceptors (Lipinski definition) is 13. The van der Waals surface area contributed by atoms with Crippen molar-refractivity contribution in [3.05, 3.63) is 97.2 Å². The Morgan fingerprint density at radius 1 is 0.597 bits per heavy atom. The molecule has 7 N–H and O–H groups in total. The number of rotatable bonds is 34. The van der Waals surface area contributed by atoms with Crippen LogP contribution in [-0.2, 0) is 32.7 Å². The normalized spacial score (nSPS) is 23.3. The number of aliphatic hydroxyl groups excluding tert-OH is 6. The van der Waals surface area contributed by atoms with E-state index < -0.39 is 81.8 Å². The molecule has 1 fully saturated rings. The minimum Gasteiger partial charge on any atom is -0.462 e. The van der Waals surface area contributed by atoms with Crippen molar-refractivity contribution in [2.45, 2.75) is 172 Å². The Hall–Kier alpha value is -3.27. The van der Waals surface area contributed by atoms with Gasteiger partial charge in [0.2, 0.25) is 0 Å². The van der Waals surface area contributed by atoms with E-state index >= 15 is 0 Å². The third-order valence-electron chi connectivity index (χ3n) is 9.51. The topological polar surface area (TPSA) is 230 Å². The number of aliphatic hydroxyl groups is 6. The molecule has 0 radical (unpaired) electrons. The zero-order valence-corrected chi connectivity index (χ0v) is 37.6. The molecule has 1 saturated carbocycles. The number of carbonyl (C=O) groups excluding carboxylic acids is 2. The first kappa shape index (κ1) is 56.7. The number of phosphoric ester groups is 1. The summed E-state index contributed by atoms with van der Waals surface area (Å²) in [5.74, 6) is -1.36.